The Balaban J connectivity index is 2.28. The van der Waals surface area contributed by atoms with Gasteiger partial charge < -0.3 is 4.57 Å². The molecule has 0 aliphatic carbocycles. The van der Waals surface area contributed by atoms with Crippen molar-refractivity contribution < 1.29 is 4.79 Å². The normalized spacial score (nSPS) is 10.9. The summed E-state index contributed by atoms with van der Waals surface area (Å²) in [4.78, 5) is 25.2. The van der Waals surface area contributed by atoms with Gasteiger partial charge in [-0.2, -0.15) is 0 Å². The molecule has 0 fully saturated rings. The molecule has 23 heavy (non-hydrogen) atoms. The van der Waals surface area contributed by atoms with Crippen molar-refractivity contribution in [3.63, 3.8) is 0 Å². The summed E-state index contributed by atoms with van der Waals surface area (Å²) in [5.74, 6) is -0.289. The first kappa shape index (κ1) is 15.8. The summed E-state index contributed by atoms with van der Waals surface area (Å²) < 4.78 is 1.63. The fraction of sp³-hybridized carbons (Fsp3) is 0.111. The summed E-state index contributed by atoms with van der Waals surface area (Å²) >= 11 is 12.0. The van der Waals surface area contributed by atoms with Gasteiger partial charge in [0.05, 0.1) is 10.5 Å². The lowest BCUT2D eigenvalue weighted by atomic mass is 9.99. The van der Waals surface area contributed by atoms with Crippen LogP contribution in [0.1, 0.15) is 22.8 Å². The van der Waals surface area contributed by atoms with E-state index in [1.807, 2.05) is 31.2 Å². The minimum absolute atomic E-state index is 0.209. The summed E-state index contributed by atoms with van der Waals surface area (Å²) in [6, 6.07) is 13.4. The van der Waals surface area contributed by atoms with Crippen LogP contribution >= 0.6 is 23.2 Å². The highest BCUT2D eigenvalue weighted by molar-refractivity contribution is 6.38. The highest BCUT2D eigenvalue weighted by Gasteiger charge is 2.18. The second-order valence-corrected chi connectivity index (χ2v) is 5.95. The van der Waals surface area contributed by atoms with Gasteiger partial charge in [0.15, 0.2) is 5.78 Å². The average Bonchev–Trinajstić information content (AvgIpc) is 2.53. The predicted molar refractivity (Wildman–Crippen MR) is 93.8 cm³/mol. The van der Waals surface area contributed by atoms with Crippen LogP contribution in [0.15, 0.2) is 53.3 Å². The van der Waals surface area contributed by atoms with E-state index in [4.69, 9.17) is 23.2 Å². The first-order valence-corrected chi connectivity index (χ1v) is 7.91. The van der Waals surface area contributed by atoms with E-state index in [0.29, 0.717) is 22.7 Å². The number of pyridine rings is 1. The molecular weight excluding hydrogens is 333 g/mol. The molecule has 1 heterocycles. The van der Waals surface area contributed by atoms with Crippen LogP contribution in [0.4, 0.5) is 0 Å². The molecule has 2 aromatic carbocycles. The smallest absolute Gasteiger partial charge is 0.251 e. The van der Waals surface area contributed by atoms with Gasteiger partial charge in [-0.15, -0.1) is 0 Å². The zero-order chi connectivity index (χ0) is 16.6. The number of hydrogen-bond acceptors (Lipinski definition) is 2. The van der Waals surface area contributed by atoms with E-state index < -0.39 is 0 Å². The molecule has 0 saturated heterocycles. The van der Waals surface area contributed by atoms with Crippen molar-refractivity contribution in [1.82, 2.24) is 4.57 Å². The van der Waals surface area contributed by atoms with Gasteiger partial charge in [-0.1, -0.05) is 41.4 Å². The number of hydrogen-bond donors (Lipinski definition) is 0. The summed E-state index contributed by atoms with van der Waals surface area (Å²) in [6.45, 7) is 2.43. The number of rotatable bonds is 3. The van der Waals surface area contributed by atoms with Gasteiger partial charge >= 0.3 is 0 Å². The quantitative estimate of drug-likeness (QED) is 0.652. The highest BCUT2D eigenvalue weighted by Crippen LogP contribution is 2.26. The molecule has 3 nitrogen and oxygen atoms in total. The number of fused-ring (bicyclic) bond motifs is 1. The molecule has 0 unspecified atom stereocenters. The number of carbonyl (C=O) groups is 1. The molecule has 0 N–H and O–H groups in total. The van der Waals surface area contributed by atoms with Gasteiger partial charge in [-0.25, -0.2) is 0 Å². The van der Waals surface area contributed by atoms with Gasteiger partial charge in [0.2, 0.25) is 0 Å². The van der Waals surface area contributed by atoms with Gasteiger partial charge in [0, 0.05) is 34.1 Å². The van der Waals surface area contributed by atoms with Crippen LogP contribution in [0, 0.1) is 0 Å². The van der Waals surface area contributed by atoms with E-state index >= 15 is 0 Å². The number of carbonyl (C=O) groups excluding carboxylic acids is 1. The van der Waals surface area contributed by atoms with Crippen molar-refractivity contribution >= 4 is 39.9 Å². The third-order valence-electron chi connectivity index (χ3n) is 3.76. The molecule has 1 aromatic heterocycles. The molecule has 116 valence electrons. The van der Waals surface area contributed by atoms with Gasteiger partial charge in [0.25, 0.3) is 5.56 Å². The van der Waals surface area contributed by atoms with Crippen LogP contribution in [0.5, 0.6) is 0 Å². The molecule has 3 aromatic rings. The van der Waals surface area contributed by atoms with Crippen molar-refractivity contribution in [3.8, 4) is 0 Å². The highest BCUT2D eigenvalue weighted by atomic mass is 35.5. The molecule has 0 aliphatic heterocycles. The van der Waals surface area contributed by atoms with Crippen molar-refractivity contribution in [1.29, 1.82) is 0 Å². The standard InChI is InChI=1S/C18H13Cl2NO2/c1-2-21-16-6-4-3-5-12(16)14(10-17(21)22)18(23)13-8-7-11(19)9-15(13)20/h3-10H,2H2,1H3. The molecule has 0 bridgehead atoms. The molecule has 0 amide bonds. The molecule has 0 radical (unpaired) electrons. The minimum atomic E-state index is -0.289. The Hall–Kier alpha value is -2.10. The summed E-state index contributed by atoms with van der Waals surface area (Å²) in [5, 5.41) is 1.45. The van der Waals surface area contributed by atoms with Gasteiger partial charge in [-0.3, -0.25) is 9.59 Å². The predicted octanol–water partition coefficient (Wildman–Crippen LogP) is 4.56. The van der Waals surface area contributed by atoms with Crippen molar-refractivity contribution in [3.05, 3.63) is 80.1 Å². The number of ketones is 1. The maximum absolute atomic E-state index is 12.9. The number of benzene rings is 2. The Morgan fingerprint density at radius 2 is 1.78 bits per heavy atom. The van der Waals surface area contributed by atoms with E-state index in [-0.39, 0.29) is 16.4 Å². The third kappa shape index (κ3) is 2.78. The Bertz CT molecular complexity index is 976. The van der Waals surface area contributed by atoms with Crippen LogP contribution in [-0.2, 0) is 6.54 Å². The molecule has 0 atom stereocenters. The fourth-order valence-corrected chi connectivity index (χ4v) is 3.16. The van der Waals surface area contributed by atoms with Crippen LogP contribution < -0.4 is 5.56 Å². The van der Waals surface area contributed by atoms with Crippen molar-refractivity contribution in [2.75, 3.05) is 0 Å². The van der Waals surface area contributed by atoms with Crippen LogP contribution in [-0.4, -0.2) is 10.4 Å². The van der Waals surface area contributed by atoms with Crippen molar-refractivity contribution in [2.45, 2.75) is 13.5 Å². The first-order valence-electron chi connectivity index (χ1n) is 7.15. The lowest BCUT2D eigenvalue weighted by molar-refractivity contribution is 0.104. The topological polar surface area (TPSA) is 39.1 Å². The Morgan fingerprint density at radius 3 is 2.48 bits per heavy atom. The van der Waals surface area contributed by atoms with Crippen LogP contribution in [0.3, 0.4) is 0 Å². The van der Waals surface area contributed by atoms with Crippen LogP contribution in [0.25, 0.3) is 10.9 Å². The van der Waals surface area contributed by atoms with Gasteiger partial charge in [0.1, 0.15) is 0 Å². The maximum atomic E-state index is 12.9. The van der Waals surface area contributed by atoms with Gasteiger partial charge in [-0.05, 0) is 31.2 Å². The lowest BCUT2D eigenvalue weighted by Gasteiger charge is -2.12. The number of halogens is 2. The second kappa shape index (κ2) is 6.19. The zero-order valence-corrected chi connectivity index (χ0v) is 13.9. The Labute approximate surface area is 143 Å². The number of nitrogens with zero attached hydrogens (tertiary/aromatic N) is 1. The molecule has 5 heteroatoms. The first-order chi connectivity index (χ1) is 11.0. The molecule has 3 rings (SSSR count). The maximum Gasteiger partial charge on any atom is 0.251 e. The largest absolute Gasteiger partial charge is 0.309 e. The Morgan fingerprint density at radius 1 is 1.04 bits per heavy atom. The Kier molecular flexibility index (Phi) is 4.24. The molecular formula is C18H13Cl2NO2. The van der Waals surface area contributed by atoms with Crippen molar-refractivity contribution in [2.24, 2.45) is 0 Å². The monoisotopic (exact) mass is 345 g/mol. The number of para-hydroxylation sites is 1. The molecule has 0 aliphatic rings. The number of aryl methyl sites for hydroxylation is 1. The lowest BCUT2D eigenvalue weighted by Crippen LogP contribution is -2.21. The number of aromatic nitrogens is 1. The SMILES string of the molecule is CCn1c(=O)cc(C(=O)c2ccc(Cl)cc2Cl)c2ccccc21. The average molecular weight is 346 g/mol. The summed E-state index contributed by atoms with van der Waals surface area (Å²) in [6.07, 6.45) is 0. The molecule has 0 spiro atoms. The van der Waals surface area contributed by atoms with E-state index in [9.17, 15) is 9.59 Å². The molecule has 0 saturated carbocycles. The summed E-state index contributed by atoms with van der Waals surface area (Å²) in [5.41, 5.74) is 1.20. The fourth-order valence-electron chi connectivity index (χ4n) is 2.67. The van der Waals surface area contributed by atoms with E-state index in [1.165, 1.54) is 12.1 Å². The van der Waals surface area contributed by atoms with Crippen LogP contribution in [0.2, 0.25) is 10.0 Å². The zero-order valence-electron chi connectivity index (χ0n) is 12.3. The summed E-state index contributed by atoms with van der Waals surface area (Å²) in [7, 11) is 0. The minimum Gasteiger partial charge on any atom is -0.309 e. The van der Waals surface area contributed by atoms with E-state index in [0.717, 1.165) is 10.9 Å². The van der Waals surface area contributed by atoms with E-state index in [1.54, 1.807) is 16.7 Å². The van der Waals surface area contributed by atoms with E-state index in [2.05, 4.69) is 0 Å². The third-order valence-corrected chi connectivity index (χ3v) is 4.30. The second-order valence-electron chi connectivity index (χ2n) is 5.11.